The summed E-state index contributed by atoms with van der Waals surface area (Å²) in [5.41, 5.74) is 2.51. The summed E-state index contributed by atoms with van der Waals surface area (Å²) >= 11 is 0. The zero-order valence-corrected chi connectivity index (χ0v) is 22.1. The van der Waals surface area contributed by atoms with Crippen molar-refractivity contribution in [2.45, 2.75) is 0 Å². The molecule has 0 saturated heterocycles. The molecule has 0 radical (unpaired) electrons. The minimum Gasteiger partial charge on any atom is -0.494 e. The van der Waals surface area contributed by atoms with E-state index in [1.165, 1.54) is 19.5 Å². The molecule has 1 heterocycles. The highest BCUT2D eigenvalue weighted by Gasteiger charge is 2.22. The Bertz CT molecular complexity index is 1310. The molecule has 2 aromatic carbocycles. The molecule has 3 aromatic rings. The van der Waals surface area contributed by atoms with E-state index in [2.05, 4.69) is 25.9 Å². The Labute approximate surface area is 222 Å². The average Bonchev–Trinajstić information content (AvgIpc) is 2.90. The minimum atomic E-state index is -0.409. The van der Waals surface area contributed by atoms with Crippen molar-refractivity contribution in [1.29, 1.82) is 5.41 Å². The number of hydrogen-bond acceptors (Lipinski definition) is 11. The van der Waals surface area contributed by atoms with Crippen LogP contribution in [-0.2, 0) is 0 Å². The largest absolute Gasteiger partial charge is 0.494 e. The lowest BCUT2D eigenvalue weighted by Crippen LogP contribution is -2.28. The average molecular weight is 520 g/mol. The number of methoxy groups -OCH3 is 1. The van der Waals surface area contributed by atoms with Crippen LogP contribution in [0.1, 0.15) is 5.56 Å². The second kappa shape index (κ2) is 13.0. The molecule has 4 N–H and O–H groups in total. The van der Waals surface area contributed by atoms with Crippen LogP contribution in [0.15, 0.2) is 61.1 Å². The van der Waals surface area contributed by atoms with Crippen LogP contribution in [0.4, 0.5) is 34.4 Å². The third-order valence-corrected chi connectivity index (χ3v) is 5.61. The second-order valence-electron chi connectivity index (χ2n) is 8.64. The van der Waals surface area contributed by atoms with Crippen LogP contribution in [-0.4, -0.2) is 73.9 Å². The van der Waals surface area contributed by atoms with E-state index < -0.39 is 4.92 Å². The first-order chi connectivity index (χ1) is 18.2. The van der Waals surface area contributed by atoms with Crippen LogP contribution < -0.4 is 25.6 Å². The number of anilines is 5. The Balaban J connectivity index is 1.89. The van der Waals surface area contributed by atoms with Gasteiger partial charge in [-0.3, -0.25) is 10.1 Å². The monoisotopic (exact) mass is 519 g/mol. The lowest BCUT2D eigenvalue weighted by atomic mass is 10.1. The van der Waals surface area contributed by atoms with E-state index in [0.717, 1.165) is 6.54 Å². The van der Waals surface area contributed by atoms with Gasteiger partial charge in [-0.15, -0.1) is 0 Å². The van der Waals surface area contributed by atoms with Crippen molar-refractivity contribution in [3.63, 3.8) is 0 Å². The first kappa shape index (κ1) is 27.9. The third-order valence-electron chi connectivity index (χ3n) is 5.61. The number of nitrogens with zero attached hydrogens (tertiary/aromatic N) is 5. The minimum absolute atomic E-state index is 0.0518. The molecule has 0 unspecified atom stereocenters. The molecule has 0 fully saturated rings. The van der Waals surface area contributed by atoms with E-state index in [0.29, 0.717) is 52.3 Å². The van der Waals surface area contributed by atoms with Crippen LogP contribution in [0.2, 0.25) is 0 Å². The zero-order chi connectivity index (χ0) is 27.7. The van der Waals surface area contributed by atoms with E-state index in [9.17, 15) is 10.1 Å². The van der Waals surface area contributed by atoms with Gasteiger partial charge in [-0.05, 0) is 32.4 Å². The molecule has 0 aliphatic carbocycles. The van der Waals surface area contributed by atoms with Gasteiger partial charge in [-0.25, -0.2) is 9.97 Å². The van der Waals surface area contributed by atoms with Crippen LogP contribution in [0.3, 0.4) is 0 Å². The molecule has 0 aliphatic heterocycles. The van der Waals surface area contributed by atoms with Gasteiger partial charge in [0.1, 0.15) is 29.4 Å². The van der Waals surface area contributed by atoms with Gasteiger partial charge in [0.2, 0.25) is 0 Å². The highest BCUT2D eigenvalue weighted by atomic mass is 16.6. The Morgan fingerprint density at radius 3 is 2.39 bits per heavy atom. The van der Waals surface area contributed by atoms with E-state index in [1.54, 1.807) is 31.5 Å². The van der Waals surface area contributed by atoms with Gasteiger partial charge in [0, 0.05) is 56.6 Å². The quantitative estimate of drug-likeness (QED) is 0.149. The second-order valence-corrected chi connectivity index (χ2v) is 8.64. The molecule has 200 valence electrons. The molecule has 0 atom stereocenters. The Morgan fingerprint density at radius 2 is 1.76 bits per heavy atom. The topological polar surface area (TPSA) is 145 Å². The molecule has 0 spiro atoms. The molecule has 12 nitrogen and oxygen atoms in total. The zero-order valence-electron chi connectivity index (χ0n) is 22.1. The van der Waals surface area contributed by atoms with Crippen molar-refractivity contribution < 1.29 is 9.66 Å². The number of para-hydroxylation sites is 1. The number of nitro groups is 1. The summed E-state index contributed by atoms with van der Waals surface area (Å²) in [6.45, 7) is 1.34. The highest BCUT2D eigenvalue weighted by Crippen LogP contribution is 2.39. The van der Waals surface area contributed by atoms with Gasteiger partial charge >= 0.3 is 0 Å². The van der Waals surface area contributed by atoms with Crippen molar-refractivity contribution in [1.82, 2.24) is 20.2 Å². The van der Waals surface area contributed by atoms with Crippen molar-refractivity contribution in [2.75, 3.05) is 63.9 Å². The Kier molecular flexibility index (Phi) is 9.54. The van der Waals surface area contributed by atoms with E-state index >= 15 is 0 Å². The number of aromatic nitrogens is 2. The Hall–Kier alpha value is -4.71. The number of nitrogens with one attached hydrogen (secondary N) is 4. The van der Waals surface area contributed by atoms with Crippen LogP contribution in [0, 0.1) is 15.5 Å². The molecule has 12 heteroatoms. The lowest BCUT2D eigenvalue weighted by molar-refractivity contribution is -0.384. The van der Waals surface area contributed by atoms with Gasteiger partial charge in [0.25, 0.3) is 5.69 Å². The number of likely N-dealkylation sites (N-methyl/N-ethyl adjacent to an activating group) is 2. The highest BCUT2D eigenvalue weighted by molar-refractivity contribution is 6.10. The predicted molar refractivity (Wildman–Crippen MR) is 152 cm³/mol. The SMILES string of the molecule is CN/C=C\C(=N)c1ccccc1Nc1cc(Nc2cc([N+](=O)[O-])c(N(C)CCN(C)C)cc2OC)ncn1. The molecule has 0 aliphatic rings. The molecule has 3 rings (SSSR count). The summed E-state index contributed by atoms with van der Waals surface area (Å²) in [7, 11) is 8.99. The lowest BCUT2D eigenvalue weighted by Gasteiger charge is -2.23. The molecule has 1 aromatic heterocycles. The van der Waals surface area contributed by atoms with Crippen LogP contribution >= 0.6 is 0 Å². The number of ether oxygens (including phenoxy) is 1. The maximum atomic E-state index is 11.9. The maximum absolute atomic E-state index is 11.9. The van der Waals surface area contributed by atoms with Gasteiger partial charge < -0.3 is 35.9 Å². The van der Waals surface area contributed by atoms with Gasteiger partial charge in [0.05, 0.1) is 23.4 Å². The molecule has 0 saturated carbocycles. The molecular formula is C26H33N9O3. The van der Waals surface area contributed by atoms with Gasteiger partial charge in [-0.1, -0.05) is 18.2 Å². The maximum Gasteiger partial charge on any atom is 0.294 e. The number of nitro benzene ring substituents is 1. The first-order valence-corrected chi connectivity index (χ1v) is 11.8. The third kappa shape index (κ3) is 7.17. The predicted octanol–water partition coefficient (Wildman–Crippen LogP) is 3.98. The molecular weight excluding hydrogens is 486 g/mol. The van der Waals surface area contributed by atoms with Crippen molar-refractivity contribution >= 4 is 40.1 Å². The Morgan fingerprint density at radius 1 is 1.08 bits per heavy atom. The van der Waals surface area contributed by atoms with Crippen LogP contribution in [0.5, 0.6) is 5.75 Å². The molecule has 0 bridgehead atoms. The standard InChI is InChI=1S/C26H33N9O3/c1-28-11-10-19(27)18-8-6-7-9-20(18)31-25-16-26(30-17-29-25)32-21-14-23(35(36)37)22(15-24(21)38-5)34(4)13-12-33(2)3/h6-11,14-17,27-28H,12-13H2,1-5H3,(H2,29,30,31,32)/b11-10-,27-19?. The van der Waals surface area contributed by atoms with E-state index in [-0.39, 0.29) is 5.69 Å². The normalized spacial score (nSPS) is 10.9. The summed E-state index contributed by atoms with van der Waals surface area (Å²) in [4.78, 5) is 23.9. The number of benzene rings is 2. The van der Waals surface area contributed by atoms with Gasteiger partial charge in [0.15, 0.2) is 0 Å². The smallest absolute Gasteiger partial charge is 0.294 e. The molecule has 38 heavy (non-hydrogen) atoms. The summed E-state index contributed by atoms with van der Waals surface area (Å²) in [6.07, 6.45) is 4.72. The summed E-state index contributed by atoms with van der Waals surface area (Å²) < 4.78 is 5.55. The fourth-order valence-electron chi connectivity index (χ4n) is 3.60. The fourth-order valence-corrected chi connectivity index (χ4v) is 3.60. The molecule has 0 amide bonds. The van der Waals surface area contributed by atoms with Gasteiger partial charge in [-0.2, -0.15) is 0 Å². The van der Waals surface area contributed by atoms with Crippen molar-refractivity contribution in [3.8, 4) is 5.75 Å². The summed E-state index contributed by atoms with van der Waals surface area (Å²) in [5.74, 6) is 1.32. The van der Waals surface area contributed by atoms with Crippen molar-refractivity contribution in [3.05, 3.63) is 76.7 Å². The number of hydrogen-bond donors (Lipinski definition) is 4. The fraction of sp³-hybridized carbons (Fsp3) is 0.269. The summed E-state index contributed by atoms with van der Waals surface area (Å²) in [5, 5.41) is 29.5. The number of rotatable bonds is 13. The first-order valence-electron chi connectivity index (χ1n) is 11.8. The summed E-state index contributed by atoms with van der Waals surface area (Å²) in [6, 6.07) is 12.2. The number of allylic oxidation sites excluding steroid dienone is 1. The van der Waals surface area contributed by atoms with E-state index in [1.807, 2.05) is 55.2 Å². The van der Waals surface area contributed by atoms with Crippen LogP contribution in [0.25, 0.3) is 0 Å². The van der Waals surface area contributed by atoms with Crippen molar-refractivity contribution in [2.24, 2.45) is 0 Å². The van der Waals surface area contributed by atoms with E-state index in [4.69, 9.17) is 10.1 Å².